The molecule has 8 nitrogen and oxygen atoms in total. The number of hydrogen-bond acceptors (Lipinski definition) is 5. The van der Waals surface area contributed by atoms with E-state index in [2.05, 4.69) is 10.1 Å². The van der Waals surface area contributed by atoms with Gasteiger partial charge in [0.25, 0.3) is 5.69 Å². The van der Waals surface area contributed by atoms with Gasteiger partial charge in [0.2, 0.25) is 0 Å². The number of nitrogens with zero attached hydrogens (tertiary/aromatic N) is 5. The summed E-state index contributed by atoms with van der Waals surface area (Å²) in [4.78, 5) is 26.7. The summed E-state index contributed by atoms with van der Waals surface area (Å²) in [5.74, 6) is 0.470. The fourth-order valence-corrected chi connectivity index (χ4v) is 2.21. The third kappa shape index (κ3) is 2.86. The lowest BCUT2D eigenvalue weighted by Crippen LogP contribution is -2.23. The summed E-state index contributed by atoms with van der Waals surface area (Å²) in [6.45, 7) is 0.234. The van der Waals surface area contributed by atoms with E-state index in [-0.39, 0.29) is 17.9 Å². The molecule has 0 fully saturated rings. The van der Waals surface area contributed by atoms with E-state index in [4.69, 9.17) is 0 Å². The van der Waals surface area contributed by atoms with E-state index in [9.17, 15) is 14.9 Å². The molecule has 0 atom stereocenters. The predicted octanol–water partition coefficient (Wildman–Crippen LogP) is 1.60. The topological polar surface area (TPSA) is 95.8 Å². The van der Waals surface area contributed by atoms with Crippen molar-refractivity contribution in [3.63, 3.8) is 0 Å². The van der Waals surface area contributed by atoms with Crippen LogP contribution in [0.4, 0.5) is 5.69 Å². The van der Waals surface area contributed by atoms with Gasteiger partial charge in [0, 0.05) is 25.4 Å². The van der Waals surface area contributed by atoms with Crippen molar-refractivity contribution in [2.75, 3.05) is 0 Å². The maximum absolute atomic E-state index is 12.3. The van der Waals surface area contributed by atoms with E-state index < -0.39 is 4.92 Å². The maximum atomic E-state index is 12.3. The summed E-state index contributed by atoms with van der Waals surface area (Å²) in [5, 5.41) is 15.0. The van der Waals surface area contributed by atoms with Crippen molar-refractivity contribution in [3.8, 4) is 11.5 Å². The SMILES string of the molecule is Cn1c(-c2ccccn2)nn(Cc2ccc([N+](=O)[O-])cc2)c1=O. The highest BCUT2D eigenvalue weighted by molar-refractivity contribution is 5.48. The number of non-ortho nitro benzene ring substituents is 1. The molecule has 3 aromatic rings. The lowest BCUT2D eigenvalue weighted by atomic mass is 10.2. The van der Waals surface area contributed by atoms with Gasteiger partial charge in [0.05, 0.1) is 11.5 Å². The maximum Gasteiger partial charge on any atom is 0.346 e. The Kier molecular flexibility index (Phi) is 3.71. The Hall–Kier alpha value is -3.29. The molecule has 0 unspecified atom stereocenters. The van der Waals surface area contributed by atoms with Crippen LogP contribution >= 0.6 is 0 Å². The van der Waals surface area contributed by atoms with Crippen LogP contribution in [0.25, 0.3) is 11.5 Å². The first kappa shape index (κ1) is 14.6. The third-order valence-corrected chi connectivity index (χ3v) is 3.41. The highest BCUT2D eigenvalue weighted by atomic mass is 16.6. The first-order chi connectivity index (χ1) is 11.1. The Morgan fingerprint density at radius 3 is 2.52 bits per heavy atom. The molecule has 0 radical (unpaired) electrons. The van der Waals surface area contributed by atoms with Crippen molar-refractivity contribution in [1.29, 1.82) is 0 Å². The molecule has 0 spiro atoms. The molecule has 116 valence electrons. The molecule has 0 bridgehead atoms. The molecule has 0 aliphatic heterocycles. The number of pyridine rings is 1. The zero-order valence-electron chi connectivity index (χ0n) is 12.3. The van der Waals surface area contributed by atoms with Crippen LogP contribution in [-0.4, -0.2) is 24.3 Å². The van der Waals surface area contributed by atoms with Gasteiger partial charge in [-0.1, -0.05) is 18.2 Å². The van der Waals surface area contributed by atoms with Gasteiger partial charge in [-0.2, -0.15) is 0 Å². The van der Waals surface area contributed by atoms with Crippen LogP contribution < -0.4 is 5.69 Å². The number of benzene rings is 1. The van der Waals surface area contributed by atoms with Crippen LogP contribution in [0.2, 0.25) is 0 Å². The second-order valence-electron chi connectivity index (χ2n) is 4.96. The highest BCUT2D eigenvalue weighted by Crippen LogP contribution is 2.14. The first-order valence-electron chi connectivity index (χ1n) is 6.85. The summed E-state index contributed by atoms with van der Waals surface area (Å²) < 4.78 is 2.74. The number of rotatable bonds is 4. The summed E-state index contributed by atoms with van der Waals surface area (Å²) in [7, 11) is 1.63. The fourth-order valence-electron chi connectivity index (χ4n) is 2.21. The van der Waals surface area contributed by atoms with E-state index in [1.165, 1.54) is 21.4 Å². The summed E-state index contributed by atoms with van der Waals surface area (Å²) in [5.41, 5.74) is 1.10. The van der Waals surface area contributed by atoms with E-state index in [0.29, 0.717) is 11.5 Å². The van der Waals surface area contributed by atoms with Crippen molar-refractivity contribution >= 4 is 5.69 Å². The second kappa shape index (κ2) is 5.84. The first-order valence-corrected chi connectivity index (χ1v) is 6.85. The van der Waals surface area contributed by atoms with Crippen LogP contribution in [0.15, 0.2) is 53.5 Å². The number of hydrogen-bond donors (Lipinski definition) is 0. The molecule has 2 heterocycles. The molecule has 0 aliphatic carbocycles. The van der Waals surface area contributed by atoms with Gasteiger partial charge >= 0.3 is 5.69 Å². The van der Waals surface area contributed by atoms with E-state index in [1.807, 2.05) is 6.07 Å². The van der Waals surface area contributed by atoms with Crippen LogP contribution in [0.1, 0.15) is 5.56 Å². The molecular formula is C15H13N5O3. The fraction of sp³-hybridized carbons (Fsp3) is 0.133. The summed E-state index contributed by atoms with van der Waals surface area (Å²) in [6, 6.07) is 11.4. The van der Waals surface area contributed by atoms with E-state index in [1.54, 1.807) is 37.5 Å². The second-order valence-corrected chi connectivity index (χ2v) is 4.96. The van der Waals surface area contributed by atoms with E-state index >= 15 is 0 Å². The molecule has 1 aromatic carbocycles. The zero-order chi connectivity index (χ0) is 16.4. The smallest absolute Gasteiger partial charge is 0.277 e. The Balaban J connectivity index is 1.92. The van der Waals surface area contributed by atoms with E-state index in [0.717, 1.165) is 5.56 Å². The Morgan fingerprint density at radius 2 is 1.91 bits per heavy atom. The number of nitro groups is 1. The molecule has 0 N–H and O–H groups in total. The third-order valence-electron chi connectivity index (χ3n) is 3.41. The minimum Gasteiger partial charge on any atom is -0.277 e. The molecular weight excluding hydrogens is 298 g/mol. The predicted molar refractivity (Wildman–Crippen MR) is 82.9 cm³/mol. The molecule has 0 saturated carbocycles. The van der Waals surface area contributed by atoms with Crippen molar-refractivity contribution in [2.45, 2.75) is 6.54 Å². The van der Waals surface area contributed by atoms with Crippen molar-refractivity contribution in [1.82, 2.24) is 19.3 Å². The lowest BCUT2D eigenvalue weighted by molar-refractivity contribution is -0.384. The van der Waals surface area contributed by atoms with Crippen LogP contribution in [0, 0.1) is 10.1 Å². The highest BCUT2D eigenvalue weighted by Gasteiger charge is 2.13. The Morgan fingerprint density at radius 1 is 1.17 bits per heavy atom. The average Bonchev–Trinajstić information content (AvgIpc) is 2.85. The quantitative estimate of drug-likeness (QED) is 0.538. The largest absolute Gasteiger partial charge is 0.346 e. The molecule has 3 rings (SSSR count). The van der Waals surface area contributed by atoms with Gasteiger partial charge in [-0.25, -0.2) is 9.48 Å². The summed E-state index contributed by atoms with van der Waals surface area (Å²) >= 11 is 0. The molecule has 23 heavy (non-hydrogen) atoms. The van der Waals surface area contributed by atoms with Crippen molar-refractivity contribution in [2.24, 2.45) is 7.05 Å². The van der Waals surface area contributed by atoms with Gasteiger partial charge in [0.15, 0.2) is 5.82 Å². The Labute approximate surface area is 130 Å². The molecule has 0 saturated heterocycles. The molecule has 8 heteroatoms. The van der Waals surface area contributed by atoms with Crippen LogP contribution in [-0.2, 0) is 13.6 Å². The monoisotopic (exact) mass is 311 g/mol. The normalized spacial score (nSPS) is 10.7. The van der Waals surface area contributed by atoms with Gasteiger partial charge in [-0.15, -0.1) is 5.10 Å². The molecule has 0 amide bonds. The van der Waals surface area contributed by atoms with Gasteiger partial charge in [0.1, 0.15) is 5.69 Å². The van der Waals surface area contributed by atoms with Crippen LogP contribution in [0.3, 0.4) is 0 Å². The van der Waals surface area contributed by atoms with Crippen molar-refractivity contribution < 1.29 is 4.92 Å². The van der Waals surface area contributed by atoms with Gasteiger partial charge in [-0.3, -0.25) is 19.7 Å². The molecule has 2 aromatic heterocycles. The minimum atomic E-state index is -0.462. The summed E-state index contributed by atoms with van der Waals surface area (Å²) in [6.07, 6.45) is 1.63. The lowest BCUT2D eigenvalue weighted by Gasteiger charge is -2.00. The van der Waals surface area contributed by atoms with Gasteiger partial charge < -0.3 is 0 Å². The Bertz CT molecular complexity index is 897. The van der Waals surface area contributed by atoms with Crippen molar-refractivity contribution in [3.05, 3.63) is 74.8 Å². The molecule has 0 aliphatic rings. The standard InChI is InChI=1S/C15H13N5O3/c1-18-14(13-4-2-3-9-16-13)17-19(15(18)21)10-11-5-7-12(8-6-11)20(22)23/h2-9H,10H2,1H3. The average molecular weight is 311 g/mol. The number of nitro benzene ring substituents is 1. The minimum absolute atomic E-state index is 0.0105. The number of aromatic nitrogens is 4. The zero-order valence-corrected chi connectivity index (χ0v) is 12.3. The van der Waals surface area contributed by atoms with Crippen LogP contribution in [0.5, 0.6) is 0 Å². The van der Waals surface area contributed by atoms with Gasteiger partial charge in [-0.05, 0) is 17.7 Å².